The van der Waals surface area contributed by atoms with E-state index in [4.69, 9.17) is 16.3 Å². The number of aromatic nitrogens is 1. The molecule has 0 aliphatic rings. The Balaban J connectivity index is 1.84. The van der Waals surface area contributed by atoms with E-state index in [1.165, 1.54) is 11.6 Å². The van der Waals surface area contributed by atoms with Crippen molar-refractivity contribution in [3.63, 3.8) is 0 Å². The largest absolute Gasteiger partial charge is 0.494 e. The van der Waals surface area contributed by atoms with Crippen LogP contribution >= 0.6 is 11.6 Å². The average Bonchev–Trinajstić information content (AvgIpc) is 2.39. The molecular weight excluding hydrogens is 262 g/mol. The van der Waals surface area contributed by atoms with Crippen molar-refractivity contribution in [1.29, 1.82) is 0 Å². The van der Waals surface area contributed by atoms with Crippen LogP contribution in [-0.4, -0.2) is 11.2 Å². The van der Waals surface area contributed by atoms with Gasteiger partial charge in [0.15, 0.2) is 0 Å². The molecule has 0 radical (unpaired) electrons. The summed E-state index contributed by atoms with van der Waals surface area (Å²) >= 11 is 5.85. The normalized spacial score (nSPS) is 10.4. The van der Waals surface area contributed by atoms with E-state index in [1.807, 2.05) is 31.2 Å². The molecule has 0 bridgehead atoms. The van der Waals surface area contributed by atoms with Crippen molar-refractivity contribution in [3.05, 3.63) is 63.5 Å². The smallest absolute Gasteiger partial charge is 0.250 e. The van der Waals surface area contributed by atoms with E-state index < -0.39 is 0 Å². The Morgan fingerprint density at radius 2 is 2.11 bits per heavy atom. The summed E-state index contributed by atoms with van der Waals surface area (Å²) < 4.78 is 7.23. The van der Waals surface area contributed by atoms with Crippen molar-refractivity contribution in [2.75, 3.05) is 6.61 Å². The lowest BCUT2D eigenvalue weighted by Crippen LogP contribution is -2.19. The van der Waals surface area contributed by atoms with Crippen molar-refractivity contribution in [3.8, 4) is 5.75 Å². The highest BCUT2D eigenvalue weighted by molar-refractivity contribution is 6.30. The minimum atomic E-state index is -0.0417. The summed E-state index contributed by atoms with van der Waals surface area (Å²) in [4.78, 5) is 11.5. The average molecular weight is 278 g/mol. The fourth-order valence-corrected chi connectivity index (χ4v) is 1.99. The van der Waals surface area contributed by atoms with Crippen molar-refractivity contribution in [2.24, 2.45) is 0 Å². The Kier molecular flexibility index (Phi) is 4.63. The molecule has 4 heteroatoms. The molecule has 0 saturated heterocycles. The van der Waals surface area contributed by atoms with Crippen LogP contribution in [0, 0.1) is 6.92 Å². The molecule has 0 spiro atoms. The second kappa shape index (κ2) is 6.43. The van der Waals surface area contributed by atoms with Gasteiger partial charge in [-0.25, -0.2) is 0 Å². The zero-order valence-electron chi connectivity index (χ0n) is 10.8. The Hall–Kier alpha value is -1.74. The molecule has 0 amide bonds. The number of aryl methyl sites for hydroxylation is 2. The first-order valence-electron chi connectivity index (χ1n) is 6.20. The first-order valence-corrected chi connectivity index (χ1v) is 6.58. The van der Waals surface area contributed by atoms with E-state index in [0.29, 0.717) is 18.2 Å². The molecule has 1 aromatic heterocycles. The molecule has 2 aromatic rings. The first-order chi connectivity index (χ1) is 9.15. The second-order valence-corrected chi connectivity index (χ2v) is 4.83. The van der Waals surface area contributed by atoms with Crippen LogP contribution in [0.3, 0.4) is 0 Å². The minimum Gasteiger partial charge on any atom is -0.494 e. The molecule has 0 aliphatic heterocycles. The Bertz CT molecular complexity index is 607. The first kappa shape index (κ1) is 13.7. The van der Waals surface area contributed by atoms with Crippen molar-refractivity contribution < 1.29 is 4.74 Å². The molecule has 19 heavy (non-hydrogen) atoms. The third-order valence-corrected chi connectivity index (χ3v) is 2.97. The van der Waals surface area contributed by atoms with E-state index in [0.717, 1.165) is 12.2 Å². The summed E-state index contributed by atoms with van der Waals surface area (Å²) in [6, 6.07) is 11.0. The standard InChI is InChI=1S/C15H16ClNO2/c1-12-4-2-5-14(10-12)19-9-3-8-17-11-13(16)6-7-15(17)18/h2,4-7,10-11H,3,8-9H2,1H3. The fourth-order valence-electron chi connectivity index (χ4n) is 1.81. The molecule has 0 N–H and O–H groups in total. The molecular formula is C15H16ClNO2. The van der Waals surface area contributed by atoms with Crippen LogP contribution in [0.5, 0.6) is 5.75 Å². The van der Waals surface area contributed by atoms with Crippen LogP contribution < -0.4 is 10.3 Å². The Labute approximate surface area is 117 Å². The van der Waals surface area contributed by atoms with Crippen molar-refractivity contribution in [1.82, 2.24) is 4.57 Å². The quantitative estimate of drug-likeness (QED) is 0.786. The van der Waals surface area contributed by atoms with E-state index in [1.54, 1.807) is 16.8 Å². The Morgan fingerprint density at radius 1 is 1.26 bits per heavy atom. The third kappa shape index (κ3) is 4.14. The van der Waals surface area contributed by atoms with E-state index in [9.17, 15) is 4.79 Å². The van der Waals surface area contributed by atoms with Crippen LogP contribution in [0.1, 0.15) is 12.0 Å². The number of nitrogens with zero attached hydrogens (tertiary/aromatic N) is 1. The van der Waals surface area contributed by atoms with Gasteiger partial charge in [0.1, 0.15) is 5.75 Å². The highest BCUT2D eigenvalue weighted by Gasteiger charge is 1.98. The molecule has 3 nitrogen and oxygen atoms in total. The van der Waals surface area contributed by atoms with Crippen molar-refractivity contribution in [2.45, 2.75) is 19.9 Å². The number of hydrogen-bond donors (Lipinski definition) is 0. The molecule has 0 unspecified atom stereocenters. The molecule has 0 saturated carbocycles. The van der Waals surface area contributed by atoms with Gasteiger partial charge in [0.2, 0.25) is 0 Å². The van der Waals surface area contributed by atoms with E-state index in [2.05, 4.69) is 0 Å². The zero-order chi connectivity index (χ0) is 13.7. The van der Waals surface area contributed by atoms with Gasteiger partial charge < -0.3 is 9.30 Å². The van der Waals surface area contributed by atoms with Crippen molar-refractivity contribution >= 4 is 11.6 Å². The molecule has 2 rings (SSSR count). The Morgan fingerprint density at radius 3 is 2.89 bits per heavy atom. The fraction of sp³-hybridized carbons (Fsp3) is 0.267. The SMILES string of the molecule is Cc1cccc(OCCCn2cc(Cl)ccc2=O)c1. The van der Waals surface area contributed by atoms with E-state index >= 15 is 0 Å². The van der Waals surface area contributed by atoms with Crippen LogP contribution in [0.25, 0.3) is 0 Å². The lowest BCUT2D eigenvalue weighted by Gasteiger charge is -2.08. The number of rotatable bonds is 5. The summed E-state index contributed by atoms with van der Waals surface area (Å²) in [6.45, 7) is 3.20. The number of halogens is 1. The number of pyridine rings is 1. The third-order valence-electron chi connectivity index (χ3n) is 2.75. The maximum atomic E-state index is 11.5. The van der Waals surface area contributed by atoms with Crippen LogP contribution in [0.15, 0.2) is 47.4 Å². The predicted molar refractivity (Wildman–Crippen MR) is 77.0 cm³/mol. The van der Waals surface area contributed by atoms with Gasteiger partial charge in [-0.3, -0.25) is 4.79 Å². The topological polar surface area (TPSA) is 31.2 Å². The molecule has 0 aliphatic carbocycles. The van der Waals surface area contributed by atoms with Crippen LogP contribution in [0.4, 0.5) is 0 Å². The lowest BCUT2D eigenvalue weighted by molar-refractivity contribution is 0.301. The molecule has 0 atom stereocenters. The monoisotopic (exact) mass is 277 g/mol. The maximum absolute atomic E-state index is 11.5. The summed E-state index contributed by atoms with van der Waals surface area (Å²) in [7, 11) is 0. The molecule has 100 valence electrons. The highest BCUT2D eigenvalue weighted by atomic mass is 35.5. The second-order valence-electron chi connectivity index (χ2n) is 4.40. The lowest BCUT2D eigenvalue weighted by atomic mass is 10.2. The van der Waals surface area contributed by atoms with Crippen LogP contribution in [-0.2, 0) is 6.54 Å². The maximum Gasteiger partial charge on any atom is 0.250 e. The zero-order valence-corrected chi connectivity index (χ0v) is 11.6. The van der Waals surface area contributed by atoms with Gasteiger partial charge in [-0.1, -0.05) is 23.7 Å². The predicted octanol–water partition coefficient (Wildman–Crippen LogP) is 3.28. The van der Waals surface area contributed by atoms with Gasteiger partial charge in [-0.05, 0) is 37.1 Å². The van der Waals surface area contributed by atoms with Crippen LogP contribution in [0.2, 0.25) is 5.02 Å². The summed E-state index contributed by atoms with van der Waals surface area (Å²) in [5.74, 6) is 0.860. The number of hydrogen-bond acceptors (Lipinski definition) is 2. The van der Waals surface area contributed by atoms with Gasteiger partial charge in [-0.15, -0.1) is 0 Å². The van der Waals surface area contributed by atoms with Gasteiger partial charge in [0.05, 0.1) is 11.6 Å². The van der Waals surface area contributed by atoms with Gasteiger partial charge in [0, 0.05) is 18.8 Å². The highest BCUT2D eigenvalue weighted by Crippen LogP contribution is 2.12. The van der Waals surface area contributed by atoms with Gasteiger partial charge in [-0.2, -0.15) is 0 Å². The van der Waals surface area contributed by atoms with Gasteiger partial charge >= 0.3 is 0 Å². The summed E-state index contributed by atoms with van der Waals surface area (Å²) in [5, 5.41) is 0.569. The number of benzene rings is 1. The number of ether oxygens (including phenoxy) is 1. The minimum absolute atomic E-state index is 0.0417. The molecule has 1 aromatic carbocycles. The molecule has 1 heterocycles. The van der Waals surface area contributed by atoms with Gasteiger partial charge in [0.25, 0.3) is 5.56 Å². The molecule has 0 fully saturated rings. The summed E-state index contributed by atoms with van der Waals surface area (Å²) in [5.41, 5.74) is 1.13. The van der Waals surface area contributed by atoms with E-state index in [-0.39, 0.29) is 5.56 Å². The summed E-state index contributed by atoms with van der Waals surface area (Å²) in [6.07, 6.45) is 2.41.